The number of rotatable bonds is 1. The second-order valence-corrected chi connectivity index (χ2v) is 3.96. The molecule has 1 aliphatic rings. The summed E-state index contributed by atoms with van der Waals surface area (Å²) in [6.45, 7) is 0. The third-order valence-electron chi connectivity index (χ3n) is 2.88. The molecule has 0 N–H and O–H groups in total. The van der Waals surface area contributed by atoms with Crippen molar-refractivity contribution in [3.63, 3.8) is 0 Å². The summed E-state index contributed by atoms with van der Waals surface area (Å²) in [5.41, 5.74) is 3.46. The maximum absolute atomic E-state index is 9.00. The molecule has 17 heavy (non-hydrogen) atoms. The van der Waals surface area contributed by atoms with Crippen LogP contribution in [0.15, 0.2) is 35.0 Å². The smallest absolute Gasteiger partial charge is 0.152 e. The molecule has 0 aliphatic heterocycles. The number of furan rings is 1. The molecule has 0 aromatic carbocycles. The van der Waals surface area contributed by atoms with E-state index in [-0.39, 0.29) is 0 Å². The average Bonchev–Trinajstić information content (AvgIpc) is 2.91. The Labute approximate surface area is 99.0 Å². The monoisotopic (exact) mass is 222 g/mol. The molecule has 0 fully saturated rings. The predicted octanol–water partition coefficient (Wildman–Crippen LogP) is 3.17. The van der Waals surface area contributed by atoms with Crippen LogP contribution in [-0.4, -0.2) is 4.98 Å². The summed E-state index contributed by atoms with van der Waals surface area (Å²) in [7, 11) is 0. The van der Waals surface area contributed by atoms with Gasteiger partial charge in [-0.1, -0.05) is 12.2 Å². The molecule has 0 spiro atoms. The summed E-state index contributed by atoms with van der Waals surface area (Å²) in [6, 6.07) is 7.66. The lowest BCUT2D eigenvalue weighted by Gasteiger charge is -2.13. The molecule has 0 saturated carbocycles. The summed E-state index contributed by atoms with van der Waals surface area (Å²) >= 11 is 0. The molecule has 0 saturated heterocycles. The zero-order valence-electron chi connectivity index (χ0n) is 9.18. The van der Waals surface area contributed by atoms with E-state index >= 15 is 0 Å². The van der Waals surface area contributed by atoms with Gasteiger partial charge in [-0.05, 0) is 36.6 Å². The van der Waals surface area contributed by atoms with Gasteiger partial charge in [0.05, 0.1) is 6.26 Å². The van der Waals surface area contributed by atoms with Crippen molar-refractivity contribution in [3.8, 4) is 17.5 Å². The van der Waals surface area contributed by atoms with Crippen molar-refractivity contribution in [1.82, 2.24) is 4.98 Å². The van der Waals surface area contributed by atoms with Crippen molar-refractivity contribution in [1.29, 1.82) is 5.26 Å². The summed E-state index contributed by atoms with van der Waals surface area (Å²) in [6.07, 6.45) is 7.78. The van der Waals surface area contributed by atoms with E-state index in [0.29, 0.717) is 11.5 Å². The molecule has 2 aromatic rings. The number of allylic oxidation sites excluding steroid dienone is 1. The van der Waals surface area contributed by atoms with Gasteiger partial charge in [-0.2, -0.15) is 5.26 Å². The van der Waals surface area contributed by atoms with Crippen LogP contribution in [0.2, 0.25) is 0 Å². The molecule has 1 aliphatic carbocycles. The van der Waals surface area contributed by atoms with E-state index in [0.717, 1.165) is 24.1 Å². The van der Waals surface area contributed by atoms with E-state index in [1.54, 1.807) is 6.26 Å². The molecular weight excluding hydrogens is 212 g/mol. The van der Waals surface area contributed by atoms with Gasteiger partial charge >= 0.3 is 0 Å². The topological polar surface area (TPSA) is 49.8 Å². The molecule has 2 aromatic heterocycles. The number of fused-ring (bicyclic) bond motifs is 1. The highest BCUT2D eigenvalue weighted by Gasteiger charge is 2.15. The number of pyridine rings is 1. The summed E-state index contributed by atoms with van der Waals surface area (Å²) in [5.74, 6) is 0.713. The van der Waals surface area contributed by atoms with Gasteiger partial charge in [-0.15, -0.1) is 0 Å². The van der Waals surface area contributed by atoms with Crippen LogP contribution in [0.1, 0.15) is 23.2 Å². The first-order valence-electron chi connectivity index (χ1n) is 5.53. The van der Waals surface area contributed by atoms with Crippen LogP contribution >= 0.6 is 0 Å². The highest BCUT2D eigenvalue weighted by atomic mass is 16.3. The Morgan fingerprint density at radius 2 is 2.35 bits per heavy atom. The first-order valence-corrected chi connectivity index (χ1v) is 5.53. The fourth-order valence-electron chi connectivity index (χ4n) is 2.10. The number of hydrogen-bond acceptors (Lipinski definition) is 3. The van der Waals surface area contributed by atoms with Crippen molar-refractivity contribution < 1.29 is 4.42 Å². The molecule has 2 heterocycles. The van der Waals surface area contributed by atoms with Crippen LogP contribution in [0.25, 0.3) is 17.5 Å². The molecule has 3 heteroatoms. The van der Waals surface area contributed by atoms with E-state index in [9.17, 15) is 0 Å². The summed E-state index contributed by atoms with van der Waals surface area (Å²) < 4.78 is 5.38. The van der Waals surface area contributed by atoms with E-state index in [1.807, 2.05) is 18.2 Å². The Balaban J connectivity index is 2.27. The van der Waals surface area contributed by atoms with Gasteiger partial charge in [0.1, 0.15) is 17.5 Å². The lowest BCUT2D eigenvalue weighted by Crippen LogP contribution is -2.01. The second kappa shape index (κ2) is 3.91. The SMILES string of the molecule is N#Cc1cc2c(c(-c3ccco3)n1)C=CCC2. The fourth-order valence-corrected chi connectivity index (χ4v) is 2.10. The van der Waals surface area contributed by atoms with E-state index in [1.165, 1.54) is 5.56 Å². The van der Waals surface area contributed by atoms with Crippen molar-refractivity contribution in [2.45, 2.75) is 12.8 Å². The van der Waals surface area contributed by atoms with E-state index < -0.39 is 0 Å². The fraction of sp³-hybridized carbons (Fsp3) is 0.143. The minimum atomic E-state index is 0.449. The Morgan fingerprint density at radius 3 is 3.12 bits per heavy atom. The molecule has 82 valence electrons. The van der Waals surface area contributed by atoms with Gasteiger partial charge in [-0.25, -0.2) is 4.98 Å². The van der Waals surface area contributed by atoms with Crippen molar-refractivity contribution in [2.24, 2.45) is 0 Å². The lowest BCUT2D eigenvalue weighted by atomic mass is 9.95. The van der Waals surface area contributed by atoms with Gasteiger partial charge in [0.2, 0.25) is 0 Å². The first kappa shape index (κ1) is 9.86. The van der Waals surface area contributed by atoms with Crippen LogP contribution < -0.4 is 0 Å². The average molecular weight is 222 g/mol. The third-order valence-corrected chi connectivity index (χ3v) is 2.88. The highest BCUT2D eigenvalue weighted by Crippen LogP contribution is 2.29. The molecule has 0 atom stereocenters. The second-order valence-electron chi connectivity index (χ2n) is 3.96. The normalized spacial score (nSPS) is 13.1. The first-order chi connectivity index (χ1) is 8.38. The Morgan fingerprint density at radius 1 is 1.41 bits per heavy atom. The predicted molar refractivity (Wildman–Crippen MR) is 64.0 cm³/mol. The number of nitriles is 1. The quantitative estimate of drug-likeness (QED) is 0.744. The van der Waals surface area contributed by atoms with Crippen LogP contribution in [0.5, 0.6) is 0 Å². The van der Waals surface area contributed by atoms with Gasteiger partial charge < -0.3 is 4.42 Å². The molecule has 0 amide bonds. The summed E-state index contributed by atoms with van der Waals surface area (Å²) in [4.78, 5) is 4.34. The van der Waals surface area contributed by atoms with Crippen molar-refractivity contribution >= 4 is 6.08 Å². The van der Waals surface area contributed by atoms with Gasteiger partial charge in [0.25, 0.3) is 0 Å². The Kier molecular flexibility index (Phi) is 2.27. The zero-order chi connectivity index (χ0) is 11.7. The largest absolute Gasteiger partial charge is 0.463 e. The van der Waals surface area contributed by atoms with E-state index in [2.05, 4.69) is 23.2 Å². The third kappa shape index (κ3) is 1.64. The van der Waals surface area contributed by atoms with Gasteiger partial charge in [0, 0.05) is 5.56 Å². The lowest BCUT2D eigenvalue weighted by molar-refractivity contribution is 0.579. The van der Waals surface area contributed by atoms with Gasteiger partial charge in [-0.3, -0.25) is 0 Å². The number of aryl methyl sites for hydroxylation is 1. The maximum atomic E-state index is 9.00. The molecule has 0 unspecified atom stereocenters. The van der Waals surface area contributed by atoms with Crippen LogP contribution in [0, 0.1) is 11.3 Å². The molecule has 0 bridgehead atoms. The summed E-state index contributed by atoms with van der Waals surface area (Å²) in [5, 5.41) is 9.00. The van der Waals surface area contributed by atoms with E-state index in [4.69, 9.17) is 9.68 Å². The Bertz CT molecular complexity index is 618. The van der Waals surface area contributed by atoms with Crippen LogP contribution in [0.3, 0.4) is 0 Å². The van der Waals surface area contributed by atoms with Crippen molar-refractivity contribution in [2.75, 3.05) is 0 Å². The number of hydrogen-bond donors (Lipinski definition) is 0. The van der Waals surface area contributed by atoms with Gasteiger partial charge in [0.15, 0.2) is 5.76 Å². The van der Waals surface area contributed by atoms with Crippen LogP contribution in [-0.2, 0) is 6.42 Å². The standard InChI is InChI=1S/C14H10N2O/c15-9-11-8-10-4-1-2-5-12(10)14(16-11)13-6-3-7-17-13/h2-3,5-8H,1,4H2. The zero-order valence-corrected chi connectivity index (χ0v) is 9.18. The minimum Gasteiger partial charge on any atom is -0.463 e. The van der Waals surface area contributed by atoms with Crippen LogP contribution in [0.4, 0.5) is 0 Å². The molecule has 3 nitrogen and oxygen atoms in total. The number of nitrogens with zero attached hydrogens (tertiary/aromatic N) is 2. The van der Waals surface area contributed by atoms with Crippen molar-refractivity contribution in [3.05, 3.63) is 47.4 Å². The Hall–Kier alpha value is -2.34. The molecule has 0 radical (unpaired) electrons. The maximum Gasteiger partial charge on any atom is 0.152 e. The highest BCUT2D eigenvalue weighted by molar-refractivity contribution is 5.72. The molecular formula is C14H10N2O. The number of aromatic nitrogens is 1. The minimum absolute atomic E-state index is 0.449. The molecule has 3 rings (SSSR count).